The number of halogens is 2. The lowest BCUT2D eigenvalue weighted by atomic mass is 10.1. The Morgan fingerprint density at radius 2 is 1.92 bits per heavy atom. The molecule has 1 saturated heterocycles. The minimum Gasteiger partial charge on any atom is -0.338 e. The van der Waals surface area contributed by atoms with Gasteiger partial charge in [0.05, 0.1) is 4.90 Å². The fourth-order valence-electron chi connectivity index (χ4n) is 2.90. The number of nitrogens with zero attached hydrogens (tertiary/aromatic N) is 1. The summed E-state index contributed by atoms with van der Waals surface area (Å²) < 4.78 is 40.2. The van der Waals surface area contributed by atoms with E-state index in [1.165, 1.54) is 24.3 Å². The first-order valence-electron chi connectivity index (χ1n) is 8.11. The molecular weight excluding hydrogens is 379 g/mol. The highest BCUT2D eigenvalue weighted by Gasteiger charge is 2.30. The SMILES string of the molecule is O=C1C[C@@H](CNS(=O)(=O)c2cccc(Cl)c2)CN1Cc1ccc(F)cc1. The highest BCUT2D eigenvalue weighted by atomic mass is 35.5. The van der Waals surface area contributed by atoms with Crippen LogP contribution in [0, 0.1) is 11.7 Å². The summed E-state index contributed by atoms with van der Waals surface area (Å²) in [5, 5.41) is 0.342. The van der Waals surface area contributed by atoms with Gasteiger partial charge in [0.1, 0.15) is 5.82 Å². The fourth-order valence-corrected chi connectivity index (χ4v) is 4.32. The number of carbonyl (C=O) groups is 1. The molecule has 1 atom stereocenters. The van der Waals surface area contributed by atoms with Crippen LogP contribution >= 0.6 is 11.6 Å². The Bertz CT molecular complexity index is 903. The zero-order chi connectivity index (χ0) is 18.7. The average Bonchev–Trinajstić information content (AvgIpc) is 2.95. The maximum atomic E-state index is 13.0. The van der Waals surface area contributed by atoms with E-state index in [-0.39, 0.29) is 35.5 Å². The van der Waals surface area contributed by atoms with Crippen molar-refractivity contribution in [3.05, 3.63) is 64.9 Å². The second kappa shape index (κ2) is 7.73. The largest absolute Gasteiger partial charge is 0.338 e. The smallest absolute Gasteiger partial charge is 0.240 e. The van der Waals surface area contributed by atoms with Crippen LogP contribution in [-0.4, -0.2) is 32.3 Å². The van der Waals surface area contributed by atoms with Crippen LogP contribution in [0.25, 0.3) is 0 Å². The van der Waals surface area contributed by atoms with Crippen molar-refractivity contribution in [1.29, 1.82) is 0 Å². The number of sulfonamides is 1. The van der Waals surface area contributed by atoms with Crippen molar-refractivity contribution in [1.82, 2.24) is 9.62 Å². The van der Waals surface area contributed by atoms with Gasteiger partial charge in [0, 0.05) is 31.1 Å². The molecular formula is C18H18ClFN2O3S. The highest BCUT2D eigenvalue weighted by Crippen LogP contribution is 2.21. The molecule has 1 heterocycles. The van der Waals surface area contributed by atoms with Gasteiger partial charge in [-0.25, -0.2) is 17.5 Å². The third kappa shape index (κ3) is 4.60. The van der Waals surface area contributed by atoms with Crippen LogP contribution in [0.15, 0.2) is 53.4 Å². The number of hydrogen-bond donors (Lipinski definition) is 1. The van der Waals surface area contributed by atoms with Crippen LogP contribution in [0.2, 0.25) is 5.02 Å². The maximum absolute atomic E-state index is 13.0. The normalized spacial score (nSPS) is 17.7. The summed E-state index contributed by atoms with van der Waals surface area (Å²) >= 11 is 5.84. The molecule has 0 aromatic heterocycles. The molecule has 0 saturated carbocycles. The molecule has 138 valence electrons. The average molecular weight is 397 g/mol. The van der Waals surface area contributed by atoms with Crippen molar-refractivity contribution in [2.45, 2.75) is 17.9 Å². The van der Waals surface area contributed by atoms with Crippen molar-refractivity contribution in [3.8, 4) is 0 Å². The van der Waals surface area contributed by atoms with Crippen LogP contribution in [0.1, 0.15) is 12.0 Å². The molecule has 1 fully saturated rings. The predicted octanol–water partition coefficient (Wildman–Crippen LogP) is 2.81. The van der Waals surface area contributed by atoms with E-state index in [0.717, 1.165) is 5.56 Å². The topological polar surface area (TPSA) is 66.5 Å². The molecule has 26 heavy (non-hydrogen) atoms. The Morgan fingerprint density at radius 3 is 2.62 bits per heavy atom. The molecule has 0 spiro atoms. The van der Waals surface area contributed by atoms with E-state index in [2.05, 4.69) is 4.72 Å². The van der Waals surface area contributed by atoms with Gasteiger partial charge in [-0.1, -0.05) is 29.8 Å². The first-order chi connectivity index (χ1) is 12.3. The molecule has 0 aliphatic carbocycles. The summed E-state index contributed by atoms with van der Waals surface area (Å²) in [5.74, 6) is -0.479. The molecule has 0 radical (unpaired) electrons. The quantitative estimate of drug-likeness (QED) is 0.816. The van der Waals surface area contributed by atoms with E-state index in [1.807, 2.05) is 0 Å². The van der Waals surface area contributed by atoms with Crippen LogP contribution in [0.5, 0.6) is 0 Å². The number of rotatable bonds is 6. The highest BCUT2D eigenvalue weighted by molar-refractivity contribution is 7.89. The lowest BCUT2D eigenvalue weighted by molar-refractivity contribution is -0.128. The minimum atomic E-state index is -3.67. The zero-order valence-electron chi connectivity index (χ0n) is 13.9. The maximum Gasteiger partial charge on any atom is 0.240 e. The monoisotopic (exact) mass is 396 g/mol. The number of carbonyl (C=O) groups excluding carboxylic acids is 1. The number of hydrogen-bond acceptors (Lipinski definition) is 3. The molecule has 1 N–H and O–H groups in total. The molecule has 1 aliphatic rings. The summed E-state index contributed by atoms with van der Waals surface area (Å²) in [6, 6.07) is 12.0. The van der Waals surface area contributed by atoms with E-state index in [1.54, 1.807) is 29.2 Å². The lowest BCUT2D eigenvalue weighted by Crippen LogP contribution is -2.31. The zero-order valence-corrected chi connectivity index (χ0v) is 15.4. The number of amides is 1. The summed E-state index contributed by atoms with van der Waals surface area (Å²) in [6.07, 6.45) is 0.277. The Hall–Kier alpha value is -1.96. The van der Waals surface area contributed by atoms with Crippen LogP contribution in [0.4, 0.5) is 4.39 Å². The van der Waals surface area contributed by atoms with E-state index in [0.29, 0.717) is 18.1 Å². The first-order valence-corrected chi connectivity index (χ1v) is 9.97. The van der Waals surface area contributed by atoms with E-state index < -0.39 is 10.0 Å². The van der Waals surface area contributed by atoms with Crippen LogP contribution in [-0.2, 0) is 21.4 Å². The Labute approximate surface area is 156 Å². The first kappa shape index (κ1) is 18.8. The van der Waals surface area contributed by atoms with Crippen molar-refractivity contribution < 1.29 is 17.6 Å². The summed E-state index contributed by atoms with van der Waals surface area (Å²) in [5.41, 5.74) is 0.833. The third-order valence-electron chi connectivity index (χ3n) is 4.25. The fraction of sp³-hybridized carbons (Fsp3) is 0.278. The lowest BCUT2D eigenvalue weighted by Gasteiger charge is -2.17. The van der Waals surface area contributed by atoms with Crippen LogP contribution < -0.4 is 4.72 Å². The van der Waals surface area contributed by atoms with E-state index in [9.17, 15) is 17.6 Å². The van der Waals surface area contributed by atoms with Gasteiger partial charge >= 0.3 is 0 Å². The number of nitrogens with one attached hydrogen (secondary N) is 1. The molecule has 1 amide bonds. The standard InChI is InChI=1S/C18H18ClFN2O3S/c19-15-2-1-3-17(9-15)26(24,25)21-10-14-8-18(23)22(12-14)11-13-4-6-16(20)7-5-13/h1-7,9,14,21H,8,10-12H2/t14-/m0/s1. The second-order valence-corrected chi connectivity index (χ2v) is 8.48. The summed E-state index contributed by atoms with van der Waals surface area (Å²) in [7, 11) is -3.67. The van der Waals surface area contributed by atoms with Crippen molar-refractivity contribution in [2.24, 2.45) is 5.92 Å². The van der Waals surface area contributed by atoms with Gasteiger partial charge in [-0.3, -0.25) is 4.79 Å². The molecule has 1 aliphatic heterocycles. The molecule has 0 unspecified atom stereocenters. The van der Waals surface area contributed by atoms with Crippen molar-refractivity contribution >= 4 is 27.5 Å². The summed E-state index contributed by atoms with van der Waals surface area (Å²) in [6.45, 7) is 1.01. The van der Waals surface area contributed by atoms with Crippen LogP contribution in [0.3, 0.4) is 0 Å². The Morgan fingerprint density at radius 1 is 1.19 bits per heavy atom. The van der Waals surface area contributed by atoms with Crippen molar-refractivity contribution in [3.63, 3.8) is 0 Å². The minimum absolute atomic E-state index is 0.0405. The summed E-state index contributed by atoms with van der Waals surface area (Å²) in [4.78, 5) is 13.9. The van der Waals surface area contributed by atoms with Gasteiger partial charge < -0.3 is 4.90 Å². The van der Waals surface area contributed by atoms with Crippen molar-refractivity contribution in [2.75, 3.05) is 13.1 Å². The number of likely N-dealkylation sites (tertiary alicyclic amines) is 1. The van der Waals surface area contributed by atoms with E-state index in [4.69, 9.17) is 11.6 Å². The van der Waals surface area contributed by atoms with Gasteiger partial charge in [-0.2, -0.15) is 0 Å². The Balaban J connectivity index is 1.58. The molecule has 2 aromatic carbocycles. The predicted molar refractivity (Wildman–Crippen MR) is 96.6 cm³/mol. The molecule has 0 bridgehead atoms. The van der Waals surface area contributed by atoms with Gasteiger partial charge in [0.2, 0.25) is 15.9 Å². The molecule has 5 nitrogen and oxygen atoms in total. The number of benzene rings is 2. The molecule has 2 aromatic rings. The van der Waals surface area contributed by atoms with Gasteiger partial charge in [0.25, 0.3) is 0 Å². The third-order valence-corrected chi connectivity index (χ3v) is 5.91. The van der Waals surface area contributed by atoms with Gasteiger partial charge in [0.15, 0.2) is 0 Å². The molecule has 3 rings (SSSR count). The Kier molecular flexibility index (Phi) is 5.60. The molecule has 8 heteroatoms. The van der Waals surface area contributed by atoms with Gasteiger partial charge in [-0.15, -0.1) is 0 Å². The second-order valence-electron chi connectivity index (χ2n) is 6.28. The van der Waals surface area contributed by atoms with Gasteiger partial charge in [-0.05, 0) is 41.8 Å². The van der Waals surface area contributed by atoms with E-state index >= 15 is 0 Å².